The van der Waals surface area contributed by atoms with Crippen LogP contribution in [0.4, 0.5) is 5.69 Å². The second-order valence-corrected chi connectivity index (χ2v) is 6.11. The van der Waals surface area contributed by atoms with E-state index in [1.807, 2.05) is 37.3 Å². The molecule has 0 fully saturated rings. The van der Waals surface area contributed by atoms with E-state index in [-0.39, 0.29) is 0 Å². The summed E-state index contributed by atoms with van der Waals surface area (Å²) in [6, 6.07) is 12.0. The largest absolute Gasteiger partial charge is 0.363 e. The number of benzene rings is 1. The van der Waals surface area contributed by atoms with Gasteiger partial charge in [0.05, 0.1) is 5.69 Å². The SMILES string of the molecule is CCNC(=S)Nc1cccc(-c2csc(-c3ccncc3)n2)c1. The molecule has 0 radical (unpaired) electrons. The van der Waals surface area contributed by atoms with Crippen molar-refractivity contribution in [2.24, 2.45) is 0 Å². The van der Waals surface area contributed by atoms with Crippen LogP contribution in [0.5, 0.6) is 0 Å². The fraction of sp³-hybridized carbons (Fsp3) is 0.118. The van der Waals surface area contributed by atoms with Crippen LogP contribution in [0.25, 0.3) is 21.8 Å². The van der Waals surface area contributed by atoms with Crippen LogP contribution in [0.15, 0.2) is 54.2 Å². The standard InChI is InChI=1S/C17H16N4S2/c1-2-19-17(22)20-14-5-3-4-13(10-14)15-11-23-16(21-15)12-6-8-18-9-7-12/h3-11H,2H2,1H3,(H2,19,20,22). The third-order valence-corrected chi connectivity index (χ3v) is 4.32. The second-order valence-electron chi connectivity index (χ2n) is 4.84. The first-order valence-corrected chi connectivity index (χ1v) is 8.56. The Morgan fingerprint density at radius 3 is 2.78 bits per heavy atom. The number of thiazole rings is 1. The summed E-state index contributed by atoms with van der Waals surface area (Å²) in [7, 11) is 0. The minimum atomic E-state index is 0.625. The van der Waals surface area contributed by atoms with Gasteiger partial charge in [-0.1, -0.05) is 12.1 Å². The number of hydrogen-bond donors (Lipinski definition) is 2. The summed E-state index contributed by atoms with van der Waals surface area (Å²) >= 11 is 6.85. The molecule has 3 rings (SSSR count). The highest BCUT2D eigenvalue weighted by molar-refractivity contribution is 7.80. The topological polar surface area (TPSA) is 49.8 Å². The number of anilines is 1. The molecule has 0 spiro atoms. The van der Waals surface area contributed by atoms with Crippen LogP contribution in [-0.2, 0) is 0 Å². The molecule has 116 valence electrons. The van der Waals surface area contributed by atoms with E-state index < -0.39 is 0 Å². The van der Waals surface area contributed by atoms with E-state index in [1.165, 1.54) is 0 Å². The third kappa shape index (κ3) is 3.91. The minimum Gasteiger partial charge on any atom is -0.363 e. The molecule has 3 aromatic rings. The highest BCUT2D eigenvalue weighted by Gasteiger charge is 2.07. The van der Waals surface area contributed by atoms with Crippen LogP contribution in [-0.4, -0.2) is 21.6 Å². The number of thiocarbonyl (C=S) groups is 1. The molecular formula is C17H16N4S2. The predicted molar refractivity (Wildman–Crippen MR) is 101 cm³/mol. The summed E-state index contributed by atoms with van der Waals surface area (Å²) < 4.78 is 0. The smallest absolute Gasteiger partial charge is 0.170 e. The van der Waals surface area contributed by atoms with Gasteiger partial charge in [-0.05, 0) is 43.4 Å². The van der Waals surface area contributed by atoms with Crippen molar-refractivity contribution in [3.05, 3.63) is 54.2 Å². The van der Waals surface area contributed by atoms with Crippen molar-refractivity contribution in [3.63, 3.8) is 0 Å². The highest BCUT2D eigenvalue weighted by atomic mass is 32.1. The third-order valence-electron chi connectivity index (χ3n) is 3.18. The number of rotatable bonds is 4. The molecule has 23 heavy (non-hydrogen) atoms. The molecule has 1 aromatic carbocycles. The lowest BCUT2D eigenvalue weighted by atomic mass is 10.1. The molecule has 0 aliphatic carbocycles. The van der Waals surface area contributed by atoms with Gasteiger partial charge in [-0.25, -0.2) is 4.98 Å². The van der Waals surface area contributed by atoms with Crippen molar-refractivity contribution in [1.29, 1.82) is 0 Å². The zero-order chi connectivity index (χ0) is 16.1. The quantitative estimate of drug-likeness (QED) is 0.698. The van der Waals surface area contributed by atoms with Crippen LogP contribution in [0.2, 0.25) is 0 Å². The Bertz CT molecular complexity index is 799. The fourth-order valence-electron chi connectivity index (χ4n) is 2.13. The Labute approximate surface area is 144 Å². The van der Waals surface area contributed by atoms with E-state index in [0.717, 1.165) is 34.1 Å². The second kappa shape index (κ2) is 7.30. The molecule has 0 bridgehead atoms. The average Bonchev–Trinajstić information content (AvgIpc) is 3.06. The number of nitrogens with zero attached hydrogens (tertiary/aromatic N) is 2. The molecule has 0 saturated heterocycles. The Morgan fingerprint density at radius 2 is 2.00 bits per heavy atom. The number of pyridine rings is 1. The van der Waals surface area contributed by atoms with Crippen molar-refractivity contribution in [2.75, 3.05) is 11.9 Å². The van der Waals surface area contributed by atoms with Gasteiger partial charge in [0.2, 0.25) is 0 Å². The summed E-state index contributed by atoms with van der Waals surface area (Å²) in [4.78, 5) is 8.76. The van der Waals surface area contributed by atoms with Crippen molar-refractivity contribution in [1.82, 2.24) is 15.3 Å². The van der Waals surface area contributed by atoms with Crippen LogP contribution in [0, 0.1) is 0 Å². The van der Waals surface area contributed by atoms with Crippen LogP contribution in [0.3, 0.4) is 0 Å². The van der Waals surface area contributed by atoms with Crippen LogP contribution >= 0.6 is 23.6 Å². The average molecular weight is 340 g/mol. The molecule has 0 aliphatic heterocycles. The van der Waals surface area contributed by atoms with Crippen molar-refractivity contribution < 1.29 is 0 Å². The van der Waals surface area contributed by atoms with Crippen molar-refractivity contribution >= 4 is 34.4 Å². The molecule has 0 amide bonds. The monoisotopic (exact) mass is 340 g/mol. The molecule has 2 N–H and O–H groups in total. The predicted octanol–water partition coefficient (Wildman–Crippen LogP) is 4.18. The molecule has 6 heteroatoms. The Hall–Kier alpha value is -2.31. The molecule has 0 atom stereocenters. The van der Waals surface area contributed by atoms with E-state index in [2.05, 4.69) is 27.1 Å². The summed E-state index contributed by atoms with van der Waals surface area (Å²) in [6.07, 6.45) is 3.56. The fourth-order valence-corrected chi connectivity index (χ4v) is 3.22. The van der Waals surface area contributed by atoms with Gasteiger partial charge in [0, 0.05) is 41.1 Å². The molecule has 2 heterocycles. The zero-order valence-corrected chi connectivity index (χ0v) is 14.2. The van der Waals surface area contributed by atoms with Gasteiger partial charge in [-0.3, -0.25) is 4.98 Å². The van der Waals surface area contributed by atoms with Gasteiger partial charge in [0.1, 0.15) is 5.01 Å². The molecule has 2 aromatic heterocycles. The first-order chi connectivity index (χ1) is 11.3. The molecule has 0 saturated carbocycles. The van der Waals surface area contributed by atoms with E-state index in [1.54, 1.807) is 23.7 Å². The van der Waals surface area contributed by atoms with Crippen molar-refractivity contribution in [2.45, 2.75) is 6.92 Å². The van der Waals surface area contributed by atoms with Gasteiger partial charge < -0.3 is 10.6 Å². The number of aromatic nitrogens is 2. The lowest BCUT2D eigenvalue weighted by Gasteiger charge is -2.09. The number of nitrogens with one attached hydrogen (secondary N) is 2. The molecule has 0 aliphatic rings. The van der Waals surface area contributed by atoms with E-state index in [4.69, 9.17) is 17.2 Å². The van der Waals surface area contributed by atoms with Crippen LogP contribution < -0.4 is 10.6 Å². The molecule has 4 nitrogen and oxygen atoms in total. The lowest BCUT2D eigenvalue weighted by Crippen LogP contribution is -2.27. The van der Waals surface area contributed by atoms with Gasteiger partial charge in [-0.15, -0.1) is 11.3 Å². The zero-order valence-electron chi connectivity index (χ0n) is 12.6. The Balaban J connectivity index is 1.82. The summed E-state index contributed by atoms with van der Waals surface area (Å²) in [5.74, 6) is 0. The normalized spacial score (nSPS) is 10.3. The highest BCUT2D eigenvalue weighted by Crippen LogP contribution is 2.29. The van der Waals surface area contributed by atoms with E-state index in [9.17, 15) is 0 Å². The van der Waals surface area contributed by atoms with Gasteiger partial charge in [0.15, 0.2) is 5.11 Å². The maximum Gasteiger partial charge on any atom is 0.170 e. The minimum absolute atomic E-state index is 0.625. The Kier molecular flexibility index (Phi) is 4.95. The van der Waals surface area contributed by atoms with E-state index >= 15 is 0 Å². The maximum absolute atomic E-state index is 5.22. The number of hydrogen-bond acceptors (Lipinski definition) is 4. The lowest BCUT2D eigenvalue weighted by molar-refractivity contribution is 0.979. The first kappa shape index (κ1) is 15.6. The molecule has 0 unspecified atom stereocenters. The van der Waals surface area contributed by atoms with Crippen LogP contribution in [0.1, 0.15) is 6.92 Å². The summed E-state index contributed by atoms with van der Waals surface area (Å²) in [5.41, 5.74) is 4.05. The van der Waals surface area contributed by atoms with Gasteiger partial charge in [0.25, 0.3) is 0 Å². The first-order valence-electron chi connectivity index (χ1n) is 7.27. The maximum atomic E-state index is 5.22. The summed E-state index contributed by atoms with van der Waals surface area (Å²) in [5, 5.41) is 9.94. The summed E-state index contributed by atoms with van der Waals surface area (Å²) in [6.45, 7) is 2.81. The van der Waals surface area contributed by atoms with Gasteiger partial charge >= 0.3 is 0 Å². The molecular weight excluding hydrogens is 324 g/mol. The van der Waals surface area contributed by atoms with E-state index in [0.29, 0.717) is 5.11 Å². The van der Waals surface area contributed by atoms with Gasteiger partial charge in [-0.2, -0.15) is 0 Å². The van der Waals surface area contributed by atoms with Crippen molar-refractivity contribution in [3.8, 4) is 21.8 Å². The Morgan fingerprint density at radius 1 is 1.17 bits per heavy atom.